The number of hydrogen-bond acceptors (Lipinski definition) is 3. The lowest BCUT2D eigenvalue weighted by molar-refractivity contribution is 0.0703. The summed E-state index contributed by atoms with van der Waals surface area (Å²) in [6.07, 6.45) is 1.91. The topological polar surface area (TPSA) is 66.4 Å². The Bertz CT molecular complexity index is 1050. The zero-order chi connectivity index (χ0) is 21.1. The summed E-state index contributed by atoms with van der Waals surface area (Å²) in [7, 11) is 0. The number of carbonyl (C=O) groups excluding carboxylic acids is 1. The second-order valence-electron chi connectivity index (χ2n) is 6.30. The fraction of sp³-hybridized carbons (Fsp3) is 0.143. The molecule has 0 saturated carbocycles. The number of benzene rings is 2. The summed E-state index contributed by atoms with van der Waals surface area (Å²) in [5, 5.41) is 11.6. The van der Waals surface area contributed by atoms with E-state index in [9.17, 15) is 27.9 Å². The number of thiophene rings is 1. The third-order valence-corrected chi connectivity index (χ3v) is 5.36. The van der Waals surface area contributed by atoms with Crippen molar-refractivity contribution in [3.8, 4) is 10.4 Å². The van der Waals surface area contributed by atoms with E-state index in [0.717, 1.165) is 35.3 Å². The lowest BCUT2D eigenvalue weighted by Crippen LogP contribution is -2.17. The van der Waals surface area contributed by atoms with Crippen LogP contribution in [0.25, 0.3) is 10.4 Å². The summed E-state index contributed by atoms with van der Waals surface area (Å²) in [5.74, 6) is -6.41. The molecule has 8 heteroatoms. The lowest BCUT2D eigenvalue weighted by atomic mass is 10.1. The van der Waals surface area contributed by atoms with Gasteiger partial charge in [-0.15, -0.1) is 11.3 Å². The molecule has 29 heavy (non-hydrogen) atoms. The highest BCUT2D eigenvalue weighted by molar-refractivity contribution is 7.18. The van der Waals surface area contributed by atoms with Crippen molar-refractivity contribution in [3.05, 3.63) is 75.9 Å². The molecule has 2 aromatic carbocycles. The van der Waals surface area contributed by atoms with Gasteiger partial charge in [0.1, 0.15) is 27.9 Å². The molecule has 0 radical (unpaired) electrons. The minimum Gasteiger partial charge on any atom is -0.477 e. The summed E-state index contributed by atoms with van der Waals surface area (Å²) < 4.78 is 40.7. The van der Waals surface area contributed by atoms with Gasteiger partial charge in [-0.05, 0) is 23.6 Å². The number of rotatable bonds is 6. The molecule has 0 unspecified atom stereocenters. The van der Waals surface area contributed by atoms with Gasteiger partial charge in [-0.1, -0.05) is 37.6 Å². The Kier molecular flexibility index (Phi) is 6.03. The van der Waals surface area contributed by atoms with Crippen molar-refractivity contribution in [2.75, 3.05) is 5.32 Å². The maximum atomic E-state index is 13.8. The van der Waals surface area contributed by atoms with Gasteiger partial charge in [-0.25, -0.2) is 18.0 Å². The molecule has 2 N–H and O–H groups in total. The largest absolute Gasteiger partial charge is 0.477 e. The van der Waals surface area contributed by atoms with Crippen LogP contribution in [0.1, 0.15) is 38.9 Å². The summed E-state index contributed by atoms with van der Waals surface area (Å²) >= 11 is 0.926. The van der Waals surface area contributed by atoms with Crippen molar-refractivity contribution >= 4 is 28.9 Å². The highest BCUT2D eigenvalue weighted by Crippen LogP contribution is 2.35. The average Bonchev–Trinajstić information content (AvgIpc) is 3.05. The molecular weight excluding hydrogens is 403 g/mol. The molecule has 3 rings (SSSR count). The predicted molar refractivity (Wildman–Crippen MR) is 105 cm³/mol. The first kappa shape index (κ1) is 20.6. The van der Waals surface area contributed by atoms with Crippen molar-refractivity contribution in [3.63, 3.8) is 0 Å². The van der Waals surface area contributed by atoms with E-state index in [4.69, 9.17) is 0 Å². The predicted octanol–water partition coefficient (Wildman–Crippen LogP) is 5.74. The van der Waals surface area contributed by atoms with Crippen LogP contribution in [-0.2, 0) is 6.42 Å². The quantitative estimate of drug-likeness (QED) is 0.536. The van der Waals surface area contributed by atoms with E-state index in [0.29, 0.717) is 17.0 Å². The van der Waals surface area contributed by atoms with Crippen LogP contribution >= 0.6 is 11.3 Å². The molecule has 0 atom stereocenters. The zero-order valence-electron chi connectivity index (χ0n) is 15.3. The van der Waals surface area contributed by atoms with E-state index in [-0.39, 0.29) is 10.6 Å². The first-order chi connectivity index (χ1) is 13.8. The number of amides is 1. The molecule has 0 fully saturated rings. The van der Waals surface area contributed by atoms with Crippen LogP contribution in [0, 0.1) is 17.5 Å². The Morgan fingerprint density at radius 3 is 2.21 bits per heavy atom. The van der Waals surface area contributed by atoms with Gasteiger partial charge in [-0.2, -0.15) is 0 Å². The summed E-state index contributed by atoms with van der Waals surface area (Å²) in [4.78, 5) is 24.2. The maximum absolute atomic E-state index is 13.8. The average molecular weight is 419 g/mol. The number of carboxylic acids is 1. The fourth-order valence-corrected chi connectivity index (χ4v) is 3.81. The second-order valence-corrected chi connectivity index (χ2v) is 7.36. The number of nitrogens with one attached hydrogen (secondary N) is 1. The van der Waals surface area contributed by atoms with E-state index in [1.807, 2.05) is 24.3 Å². The van der Waals surface area contributed by atoms with Crippen LogP contribution in [0.5, 0.6) is 0 Å². The van der Waals surface area contributed by atoms with Crippen molar-refractivity contribution in [1.29, 1.82) is 0 Å². The molecule has 1 heterocycles. The van der Waals surface area contributed by atoms with Crippen LogP contribution < -0.4 is 5.32 Å². The molecule has 0 saturated heterocycles. The number of anilines is 1. The third-order valence-electron chi connectivity index (χ3n) is 4.19. The third kappa shape index (κ3) is 4.48. The molecule has 4 nitrogen and oxygen atoms in total. The number of aryl methyl sites for hydroxylation is 1. The number of carboxylic acid groups (broad SMARTS) is 1. The molecule has 0 aliphatic carbocycles. The van der Waals surface area contributed by atoms with Crippen LogP contribution in [-0.4, -0.2) is 17.0 Å². The van der Waals surface area contributed by atoms with E-state index >= 15 is 0 Å². The Morgan fingerprint density at radius 2 is 1.66 bits per heavy atom. The number of hydrogen-bond donors (Lipinski definition) is 2. The molecule has 0 spiro atoms. The Morgan fingerprint density at radius 1 is 1.03 bits per heavy atom. The minimum absolute atomic E-state index is 0.0942. The van der Waals surface area contributed by atoms with Crippen molar-refractivity contribution < 1.29 is 27.9 Å². The Labute approximate surface area is 168 Å². The van der Waals surface area contributed by atoms with Crippen LogP contribution in [0.3, 0.4) is 0 Å². The molecule has 0 aliphatic rings. The number of aromatic carboxylic acids is 1. The number of halogens is 3. The highest BCUT2D eigenvalue weighted by atomic mass is 32.1. The first-order valence-electron chi connectivity index (χ1n) is 8.72. The van der Waals surface area contributed by atoms with Gasteiger partial charge in [0.25, 0.3) is 5.91 Å². The molecule has 1 aromatic heterocycles. The SMILES string of the molecule is CCCc1ccc(-c2cc(NC(=O)c3c(F)cc(F)cc3F)c(C(=O)O)s2)cc1. The van der Waals surface area contributed by atoms with E-state index in [1.165, 1.54) is 6.07 Å². The minimum atomic E-state index is -1.38. The second kappa shape index (κ2) is 8.48. The van der Waals surface area contributed by atoms with Gasteiger partial charge in [0.2, 0.25) is 0 Å². The van der Waals surface area contributed by atoms with E-state index in [1.54, 1.807) is 0 Å². The summed E-state index contributed by atoms with van der Waals surface area (Å²) in [6, 6.07) is 9.74. The van der Waals surface area contributed by atoms with Crippen molar-refractivity contribution in [1.82, 2.24) is 0 Å². The first-order valence-corrected chi connectivity index (χ1v) is 9.54. The van der Waals surface area contributed by atoms with E-state index < -0.39 is 34.9 Å². The molecule has 0 bridgehead atoms. The standard InChI is InChI=1S/C21H16F3NO3S/c1-2-3-11-4-6-12(7-5-11)17-10-16(19(29-17)21(27)28)25-20(26)18-14(23)8-13(22)9-15(18)24/h4-10H,2-3H2,1H3,(H,25,26)(H,27,28). The fourth-order valence-electron chi connectivity index (χ4n) is 2.85. The van der Waals surface area contributed by atoms with Gasteiger partial charge in [-0.3, -0.25) is 4.79 Å². The van der Waals surface area contributed by atoms with Crippen LogP contribution in [0.15, 0.2) is 42.5 Å². The normalized spacial score (nSPS) is 10.8. The van der Waals surface area contributed by atoms with Gasteiger partial charge in [0.05, 0.1) is 5.69 Å². The van der Waals surface area contributed by atoms with Gasteiger partial charge in [0.15, 0.2) is 0 Å². The maximum Gasteiger partial charge on any atom is 0.348 e. The molecule has 1 amide bonds. The molecule has 150 valence electrons. The van der Waals surface area contributed by atoms with Crippen LogP contribution in [0.2, 0.25) is 0 Å². The summed E-state index contributed by atoms with van der Waals surface area (Å²) in [5.41, 5.74) is 0.807. The van der Waals surface area contributed by atoms with Gasteiger partial charge >= 0.3 is 5.97 Å². The summed E-state index contributed by atoms with van der Waals surface area (Å²) in [6.45, 7) is 2.06. The monoisotopic (exact) mass is 419 g/mol. The van der Waals surface area contributed by atoms with Gasteiger partial charge < -0.3 is 10.4 Å². The van der Waals surface area contributed by atoms with Crippen molar-refractivity contribution in [2.45, 2.75) is 19.8 Å². The van der Waals surface area contributed by atoms with Gasteiger partial charge in [0, 0.05) is 17.0 Å². The number of carbonyl (C=O) groups is 2. The Hall–Kier alpha value is -3.13. The van der Waals surface area contributed by atoms with Crippen LogP contribution in [0.4, 0.5) is 18.9 Å². The smallest absolute Gasteiger partial charge is 0.348 e. The molecule has 3 aromatic rings. The Balaban J connectivity index is 1.93. The highest BCUT2D eigenvalue weighted by Gasteiger charge is 2.23. The zero-order valence-corrected chi connectivity index (χ0v) is 16.1. The molecular formula is C21H16F3NO3S. The molecule has 0 aliphatic heterocycles. The van der Waals surface area contributed by atoms with Crippen molar-refractivity contribution in [2.24, 2.45) is 0 Å². The lowest BCUT2D eigenvalue weighted by Gasteiger charge is -2.07. The van der Waals surface area contributed by atoms with E-state index in [2.05, 4.69) is 12.2 Å².